The van der Waals surface area contributed by atoms with Crippen molar-refractivity contribution < 1.29 is 17.6 Å². The van der Waals surface area contributed by atoms with Crippen LogP contribution in [0.25, 0.3) is 0 Å². The van der Waals surface area contributed by atoms with E-state index in [0.29, 0.717) is 13.0 Å². The van der Waals surface area contributed by atoms with Gasteiger partial charge in [-0.15, -0.1) is 0 Å². The first-order valence-corrected chi connectivity index (χ1v) is 8.96. The van der Waals surface area contributed by atoms with Crippen molar-refractivity contribution in [1.82, 2.24) is 4.31 Å². The smallest absolute Gasteiger partial charge is 0.243 e. The molecule has 0 aromatic heterocycles. The molecule has 5 nitrogen and oxygen atoms in total. The largest absolute Gasteiger partial charge is 0.323 e. The Morgan fingerprint density at radius 1 is 1.41 bits per heavy atom. The monoisotopic (exact) mass is 348 g/mol. The van der Waals surface area contributed by atoms with E-state index in [4.69, 9.17) is 11.6 Å². The molecule has 1 amide bonds. The molecule has 1 aromatic rings. The lowest BCUT2D eigenvalue weighted by Gasteiger charge is -2.28. The molecule has 0 bridgehead atoms. The molecule has 1 aliphatic heterocycles. The highest BCUT2D eigenvalue weighted by atomic mass is 35.5. The number of hydrogen-bond donors (Lipinski definition) is 1. The number of hydrogen-bond acceptors (Lipinski definition) is 3. The average Bonchev–Trinajstić information content (AvgIpc) is 2.74. The van der Waals surface area contributed by atoms with E-state index in [9.17, 15) is 17.6 Å². The van der Waals surface area contributed by atoms with E-state index in [2.05, 4.69) is 5.32 Å². The molecule has 0 aliphatic carbocycles. The maximum absolute atomic E-state index is 13.3. The van der Waals surface area contributed by atoms with Gasteiger partial charge in [0.2, 0.25) is 15.9 Å². The Labute approximate surface area is 134 Å². The van der Waals surface area contributed by atoms with Crippen molar-refractivity contribution in [3.05, 3.63) is 29.0 Å². The van der Waals surface area contributed by atoms with Crippen LogP contribution in [0.5, 0.6) is 0 Å². The van der Waals surface area contributed by atoms with E-state index in [1.54, 1.807) is 13.8 Å². The van der Waals surface area contributed by atoms with Gasteiger partial charge in [-0.05, 0) is 30.5 Å². The summed E-state index contributed by atoms with van der Waals surface area (Å²) in [6, 6.07) is 2.79. The van der Waals surface area contributed by atoms with Crippen molar-refractivity contribution in [1.29, 1.82) is 0 Å². The summed E-state index contributed by atoms with van der Waals surface area (Å²) in [5.41, 5.74) is 0.133. The zero-order valence-corrected chi connectivity index (χ0v) is 13.9. The summed E-state index contributed by atoms with van der Waals surface area (Å²) in [6.45, 7) is 3.85. The van der Waals surface area contributed by atoms with Gasteiger partial charge in [0.15, 0.2) is 0 Å². The quantitative estimate of drug-likeness (QED) is 0.909. The highest BCUT2D eigenvalue weighted by Crippen LogP contribution is 2.26. The Morgan fingerprint density at radius 3 is 2.64 bits per heavy atom. The molecule has 0 unspecified atom stereocenters. The molecule has 0 radical (unpaired) electrons. The van der Waals surface area contributed by atoms with E-state index < -0.39 is 27.8 Å². The van der Waals surface area contributed by atoms with Gasteiger partial charge in [-0.3, -0.25) is 4.79 Å². The second-order valence-electron chi connectivity index (χ2n) is 5.58. The standard InChI is InChI=1S/C14H18ClFN2O3S/c1-9(2)13(18-6-3-7-22(18,20)21)14(19)17-12-8-10(16)4-5-11(12)15/h4-5,8-9,13H,3,6-7H2,1-2H3,(H,17,19)/t13-/m0/s1. The minimum Gasteiger partial charge on any atom is -0.323 e. The summed E-state index contributed by atoms with van der Waals surface area (Å²) < 4.78 is 38.6. The molecule has 2 rings (SSSR count). The van der Waals surface area contributed by atoms with Crippen LogP contribution in [0, 0.1) is 11.7 Å². The van der Waals surface area contributed by atoms with Crippen molar-refractivity contribution in [3.8, 4) is 0 Å². The fraction of sp³-hybridized carbons (Fsp3) is 0.500. The van der Waals surface area contributed by atoms with Gasteiger partial charge in [-0.1, -0.05) is 25.4 Å². The van der Waals surface area contributed by atoms with E-state index >= 15 is 0 Å². The minimum absolute atomic E-state index is 0.0459. The van der Waals surface area contributed by atoms with E-state index in [1.807, 2.05) is 0 Å². The first-order valence-electron chi connectivity index (χ1n) is 6.98. The van der Waals surface area contributed by atoms with Crippen LogP contribution >= 0.6 is 11.6 Å². The molecule has 0 saturated carbocycles. The van der Waals surface area contributed by atoms with Crippen molar-refractivity contribution >= 4 is 33.2 Å². The molecule has 1 heterocycles. The van der Waals surface area contributed by atoms with Gasteiger partial charge < -0.3 is 5.32 Å². The van der Waals surface area contributed by atoms with Gasteiger partial charge in [0, 0.05) is 6.54 Å². The number of rotatable bonds is 4. The topological polar surface area (TPSA) is 66.5 Å². The van der Waals surface area contributed by atoms with Crippen molar-refractivity contribution in [2.45, 2.75) is 26.3 Å². The van der Waals surface area contributed by atoms with Crippen LogP contribution in [0.15, 0.2) is 18.2 Å². The van der Waals surface area contributed by atoms with Gasteiger partial charge in [-0.25, -0.2) is 12.8 Å². The predicted octanol–water partition coefficient (Wildman–Crippen LogP) is 2.48. The number of sulfonamides is 1. The summed E-state index contributed by atoms with van der Waals surface area (Å²) in [7, 11) is -3.42. The molecule has 1 aromatic carbocycles. The third-order valence-electron chi connectivity index (χ3n) is 3.53. The molecule has 122 valence electrons. The van der Waals surface area contributed by atoms with Crippen molar-refractivity contribution in [3.63, 3.8) is 0 Å². The van der Waals surface area contributed by atoms with E-state index in [1.165, 1.54) is 16.4 Å². The maximum atomic E-state index is 13.3. The fourth-order valence-corrected chi connectivity index (χ4v) is 4.52. The van der Waals surface area contributed by atoms with E-state index in [0.717, 1.165) is 6.07 Å². The van der Waals surface area contributed by atoms with Crippen molar-refractivity contribution in [2.75, 3.05) is 17.6 Å². The van der Waals surface area contributed by atoms with Gasteiger partial charge in [0.05, 0.1) is 16.5 Å². The molecule has 1 N–H and O–H groups in total. The first kappa shape index (κ1) is 17.2. The Hall–Kier alpha value is -1.18. The number of nitrogens with one attached hydrogen (secondary N) is 1. The number of benzene rings is 1. The number of carbonyl (C=O) groups excluding carboxylic acids is 1. The highest BCUT2D eigenvalue weighted by molar-refractivity contribution is 7.89. The Balaban J connectivity index is 2.26. The third kappa shape index (κ3) is 3.59. The zero-order chi connectivity index (χ0) is 16.5. The Morgan fingerprint density at radius 2 is 2.09 bits per heavy atom. The number of carbonyl (C=O) groups is 1. The normalized spacial score (nSPS) is 19.3. The lowest BCUT2D eigenvalue weighted by atomic mass is 10.0. The van der Waals surface area contributed by atoms with Crippen LogP contribution in [0.4, 0.5) is 10.1 Å². The average molecular weight is 349 g/mol. The maximum Gasteiger partial charge on any atom is 0.243 e. The second-order valence-corrected chi connectivity index (χ2v) is 8.03. The summed E-state index contributed by atoms with van der Waals surface area (Å²) in [4.78, 5) is 12.5. The van der Waals surface area contributed by atoms with Crippen LogP contribution in [-0.4, -0.2) is 37.0 Å². The molecule has 1 saturated heterocycles. The Bertz CT molecular complexity index is 679. The second kappa shape index (κ2) is 6.52. The summed E-state index contributed by atoms with van der Waals surface area (Å²) >= 11 is 5.93. The van der Waals surface area contributed by atoms with E-state index in [-0.39, 0.29) is 22.4 Å². The molecule has 0 spiro atoms. The summed E-state index contributed by atoms with van der Waals surface area (Å²) in [5, 5.41) is 2.73. The zero-order valence-electron chi connectivity index (χ0n) is 12.3. The Kier molecular flexibility index (Phi) is 5.09. The van der Waals surface area contributed by atoms with Crippen LogP contribution in [0.3, 0.4) is 0 Å². The molecule has 1 fully saturated rings. The number of amides is 1. The van der Waals surface area contributed by atoms with Gasteiger partial charge in [0.1, 0.15) is 11.9 Å². The SMILES string of the molecule is CC(C)[C@@H](C(=O)Nc1cc(F)ccc1Cl)N1CCCS1(=O)=O. The molecule has 1 aliphatic rings. The van der Waals surface area contributed by atoms with Crippen LogP contribution in [-0.2, 0) is 14.8 Å². The summed E-state index contributed by atoms with van der Waals surface area (Å²) in [5.74, 6) is -1.22. The van der Waals surface area contributed by atoms with Gasteiger partial charge in [0.25, 0.3) is 0 Å². The summed E-state index contributed by atoms with van der Waals surface area (Å²) in [6.07, 6.45) is 0.500. The van der Waals surface area contributed by atoms with Crippen LogP contribution in [0.1, 0.15) is 20.3 Å². The predicted molar refractivity (Wildman–Crippen MR) is 83.8 cm³/mol. The number of halogens is 2. The third-order valence-corrected chi connectivity index (χ3v) is 5.79. The lowest BCUT2D eigenvalue weighted by Crippen LogP contribution is -2.48. The van der Waals surface area contributed by atoms with Gasteiger partial charge in [-0.2, -0.15) is 4.31 Å². The molecular formula is C14H18ClFN2O3S. The minimum atomic E-state index is -3.42. The van der Waals surface area contributed by atoms with Gasteiger partial charge >= 0.3 is 0 Å². The van der Waals surface area contributed by atoms with Crippen LogP contribution in [0.2, 0.25) is 5.02 Å². The highest BCUT2D eigenvalue weighted by Gasteiger charge is 2.40. The number of nitrogens with zero attached hydrogens (tertiary/aromatic N) is 1. The molecule has 8 heteroatoms. The number of anilines is 1. The van der Waals surface area contributed by atoms with Crippen molar-refractivity contribution in [2.24, 2.45) is 5.92 Å². The van der Waals surface area contributed by atoms with Crippen LogP contribution < -0.4 is 5.32 Å². The fourth-order valence-electron chi connectivity index (χ4n) is 2.54. The molecule has 1 atom stereocenters. The molecular weight excluding hydrogens is 331 g/mol. The lowest BCUT2D eigenvalue weighted by molar-refractivity contribution is -0.120. The first-order chi connectivity index (χ1) is 10.2. The molecule has 22 heavy (non-hydrogen) atoms.